The van der Waals surface area contributed by atoms with Gasteiger partial charge in [-0.25, -0.2) is 18.6 Å². The van der Waals surface area contributed by atoms with E-state index in [0.717, 1.165) is 0 Å². The molecule has 0 spiro atoms. The number of carbonyl (C=O) groups is 2. The number of aryl methyl sites for hydroxylation is 1. The van der Waals surface area contributed by atoms with Crippen molar-refractivity contribution in [2.45, 2.75) is 6.92 Å². The van der Waals surface area contributed by atoms with Crippen LogP contribution in [0.15, 0.2) is 18.2 Å². The summed E-state index contributed by atoms with van der Waals surface area (Å²) in [5.74, 6) is -4.28. The molecule has 132 valence electrons. The van der Waals surface area contributed by atoms with Crippen LogP contribution in [0, 0.1) is 18.6 Å². The van der Waals surface area contributed by atoms with Crippen LogP contribution in [0.5, 0.6) is 0 Å². The van der Waals surface area contributed by atoms with Crippen molar-refractivity contribution in [2.75, 3.05) is 11.9 Å². The standard InChI is InChI=1S/C15H9Cl3F2N2O3/c1-6-8(16)3-10(18)14(21-6)22-13(23)5-25-15(24)7-2-11(19)12(20)4-9(7)17/h2-4H,5H2,1H3,(H,21,22,23). The fourth-order valence-corrected chi connectivity index (χ4v) is 2.34. The van der Waals surface area contributed by atoms with E-state index < -0.39 is 35.7 Å². The maximum absolute atomic E-state index is 13.2. The number of hydrogen-bond acceptors (Lipinski definition) is 4. The summed E-state index contributed by atoms with van der Waals surface area (Å²) in [5.41, 5.74) is 0.0267. The summed E-state index contributed by atoms with van der Waals surface area (Å²) in [5, 5.41) is 2.41. The zero-order valence-electron chi connectivity index (χ0n) is 12.5. The summed E-state index contributed by atoms with van der Waals surface area (Å²) in [4.78, 5) is 27.6. The lowest BCUT2D eigenvalue weighted by atomic mass is 10.2. The molecule has 1 heterocycles. The van der Waals surface area contributed by atoms with Gasteiger partial charge in [-0.15, -0.1) is 0 Å². The predicted molar refractivity (Wildman–Crippen MR) is 89.3 cm³/mol. The van der Waals surface area contributed by atoms with E-state index in [2.05, 4.69) is 10.3 Å². The highest BCUT2D eigenvalue weighted by atomic mass is 35.5. The molecule has 1 N–H and O–H groups in total. The number of amides is 1. The van der Waals surface area contributed by atoms with Crippen LogP contribution < -0.4 is 5.32 Å². The third-order valence-corrected chi connectivity index (χ3v) is 3.91. The monoisotopic (exact) mass is 408 g/mol. The average Bonchev–Trinajstić information content (AvgIpc) is 2.53. The summed E-state index contributed by atoms with van der Waals surface area (Å²) < 4.78 is 30.9. The Morgan fingerprint density at radius 1 is 1.08 bits per heavy atom. The van der Waals surface area contributed by atoms with Gasteiger partial charge in [0.15, 0.2) is 24.1 Å². The molecule has 10 heteroatoms. The lowest BCUT2D eigenvalue weighted by Gasteiger charge is -2.09. The Hall–Kier alpha value is -1.96. The minimum atomic E-state index is -1.27. The van der Waals surface area contributed by atoms with Crippen molar-refractivity contribution in [1.82, 2.24) is 4.98 Å². The van der Waals surface area contributed by atoms with Gasteiger partial charge in [-0.05, 0) is 25.1 Å². The van der Waals surface area contributed by atoms with Gasteiger partial charge < -0.3 is 10.1 Å². The van der Waals surface area contributed by atoms with Crippen LogP contribution >= 0.6 is 34.8 Å². The first-order valence-electron chi connectivity index (χ1n) is 6.63. The molecule has 1 aromatic carbocycles. The molecule has 1 amide bonds. The molecule has 0 aliphatic carbocycles. The van der Waals surface area contributed by atoms with Gasteiger partial charge in [0.05, 0.1) is 26.3 Å². The normalized spacial score (nSPS) is 10.5. The van der Waals surface area contributed by atoms with Crippen molar-refractivity contribution in [1.29, 1.82) is 0 Å². The first-order chi connectivity index (χ1) is 11.7. The molecule has 0 unspecified atom stereocenters. The highest BCUT2D eigenvalue weighted by Gasteiger charge is 2.18. The van der Waals surface area contributed by atoms with E-state index in [1.54, 1.807) is 6.92 Å². The fourth-order valence-electron chi connectivity index (χ4n) is 1.70. The molecular weight excluding hydrogens is 401 g/mol. The van der Waals surface area contributed by atoms with E-state index >= 15 is 0 Å². The SMILES string of the molecule is Cc1nc(NC(=O)COC(=O)c2cc(F)c(F)cc2Cl)c(Cl)cc1Cl. The van der Waals surface area contributed by atoms with Gasteiger partial charge in [0, 0.05) is 0 Å². The maximum atomic E-state index is 13.2. The van der Waals surface area contributed by atoms with Crippen molar-refractivity contribution in [2.24, 2.45) is 0 Å². The maximum Gasteiger partial charge on any atom is 0.340 e. The van der Waals surface area contributed by atoms with Crippen LogP contribution in [0.1, 0.15) is 16.1 Å². The Morgan fingerprint density at radius 2 is 1.72 bits per heavy atom. The highest BCUT2D eigenvalue weighted by molar-refractivity contribution is 6.36. The van der Waals surface area contributed by atoms with Gasteiger partial charge >= 0.3 is 5.97 Å². The first kappa shape index (κ1) is 19.4. The summed E-state index contributed by atoms with van der Waals surface area (Å²) in [7, 11) is 0. The Labute approximate surface area is 155 Å². The minimum Gasteiger partial charge on any atom is -0.452 e. The topological polar surface area (TPSA) is 68.3 Å². The van der Waals surface area contributed by atoms with Crippen LogP contribution in [0.3, 0.4) is 0 Å². The van der Waals surface area contributed by atoms with Gasteiger partial charge in [0.1, 0.15) is 0 Å². The average molecular weight is 410 g/mol. The number of nitrogens with one attached hydrogen (secondary N) is 1. The molecule has 0 saturated heterocycles. The zero-order valence-corrected chi connectivity index (χ0v) is 14.8. The van der Waals surface area contributed by atoms with Gasteiger partial charge in [0.2, 0.25) is 0 Å². The predicted octanol–water partition coefficient (Wildman–Crippen LogP) is 4.42. The van der Waals surface area contributed by atoms with E-state index in [9.17, 15) is 18.4 Å². The molecule has 5 nitrogen and oxygen atoms in total. The van der Waals surface area contributed by atoms with Gasteiger partial charge in [-0.2, -0.15) is 0 Å². The number of hydrogen-bond donors (Lipinski definition) is 1. The van der Waals surface area contributed by atoms with Crippen LogP contribution in [0.2, 0.25) is 15.1 Å². The van der Waals surface area contributed by atoms with E-state index in [0.29, 0.717) is 22.8 Å². The summed E-state index contributed by atoms with van der Waals surface area (Å²) in [6.45, 7) is 0.896. The largest absolute Gasteiger partial charge is 0.452 e. The van der Waals surface area contributed by atoms with Crippen LogP contribution in [-0.2, 0) is 9.53 Å². The smallest absolute Gasteiger partial charge is 0.340 e. The number of benzene rings is 1. The molecule has 25 heavy (non-hydrogen) atoms. The highest BCUT2D eigenvalue weighted by Crippen LogP contribution is 2.25. The Kier molecular flexibility index (Phi) is 6.16. The molecule has 0 aliphatic rings. The zero-order chi connectivity index (χ0) is 18.7. The van der Waals surface area contributed by atoms with Crippen molar-refractivity contribution in [3.63, 3.8) is 0 Å². The Bertz CT molecular complexity index is 862. The number of nitrogens with zero attached hydrogens (tertiary/aromatic N) is 1. The first-order valence-corrected chi connectivity index (χ1v) is 7.76. The number of aromatic nitrogens is 1. The second-order valence-corrected chi connectivity index (χ2v) is 5.98. The van der Waals surface area contributed by atoms with E-state index in [1.807, 2.05) is 0 Å². The Balaban J connectivity index is 2.02. The molecule has 1 aromatic heterocycles. The van der Waals surface area contributed by atoms with E-state index in [4.69, 9.17) is 39.5 Å². The number of esters is 1. The van der Waals surface area contributed by atoms with Gasteiger partial charge in [-0.1, -0.05) is 34.8 Å². The summed E-state index contributed by atoms with van der Waals surface area (Å²) >= 11 is 17.4. The molecule has 0 radical (unpaired) electrons. The summed E-state index contributed by atoms with van der Waals surface area (Å²) in [6, 6.07) is 2.61. The third-order valence-electron chi connectivity index (χ3n) is 2.93. The third kappa shape index (κ3) is 4.78. The van der Waals surface area contributed by atoms with Crippen molar-refractivity contribution in [3.8, 4) is 0 Å². The van der Waals surface area contributed by atoms with E-state index in [-0.39, 0.29) is 15.9 Å². The number of halogens is 5. The fraction of sp³-hybridized carbons (Fsp3) is 0.133. The number of pyridine rings is 1. The molecule has 0 fully saturated rings. The molecule has 2 rings (SSSR count). The Morgan fingerprint density at radius 3 is 2.40 bits per heavy atom. The second-order valence-electron chi connectivity index (χ2n) is 4.76. The van der Waals surface area contributed by atoms with Crippen molar-refractivity contribution >= 4 is 52.5 Å². The number of anilines is 1. The quantitative estimate of drug-likeness (QED) is 0.599. The van der Waals surface area contributed by atoms with Crippen LogP contribution in [0.4, 0.5) is 14.6 Å². The molecule has 0 saturated carbocycles. The lowest BCUT2D eigenvalue weighted by Crippen LogP contribution is -2.22. The molecule has 2 aromatic rings. The molecule has 0 atom stereocenters. The van der Waals surface area contributed by atoms with Gasteiger partial charge in [0.25, 0.3) is 5.91 Å². The van der Waals surface area contributed by atoms with Gasteiger partial charge in [-0.3, -0.25) is 4.79 Å². The number of rotatable bonds is 4. The molecular formula is C15H9Cl3F2N2O3. The van der Waals surface area contributed by atoms with Crippen LogP contribution in [0.25, 0.3) is 0 Å². The molecule has 0 bridgehead atoms. The lowest BCUT2D eigenvalue weighted by molar-refractivity contribution is -0.119. The van der Waals surface area contributed by atoms with Crippen molar-refractivity contribution in [3.05, 3.63) is 56.2 Å². The van der Waals surface area contributed by atoms with Crippen LogP contribution in [-0.4, -0.2) is 23.5 Å². The summed E-state index contributed by atoms with van der Waals surface area (Å²) in [6.07, 6.45) is 0. The number of carbonyl (C=O) groups excluding carboxylic acids is 2. The minimum absolute atomic E-state index is 0.0375. The van der Waals surface area contributed by atoms with E-state index in [1.165, 1.54) is 6.07 Å². The number of ether oxygens (including phenoxy) is 1. The van der Waals surface area contributed by atoms with Crippen molar-refractivity contribution < 1.29 is 23.1 Å². The molecule has 0 aliphatic heterocycles. The second kappa shape index (κ2) is 7.95.